The molecule has 126 valence electrons. The molecular weight excluding hydrogens is 324 g/mol. The average molecular weight is 344 g/mol. The van der Waals surface area contributed by atoms with E-state index >= 15 is 0 Å². The molecule has 6 nitrogen and oxygen atoms in total. The molecule has 0 N–H and O–H groups in total. The number of likely N-dealkylation sites (tertiary alicyclic amines) is 1. The lowest BCUT2D eigenvalue weighted by Gasteiger charge is -2.23. The van der Waals surface area contributed by atoms with Crippen LogP contribution in [0.1, 0.15) is 16.1 Å². The number of carbonyl (C=O) groups excluding carboxylic acids is 1. The monoisotopic (exact) mass is 344 g/mol. The quantitative estimate of drug-likeness (QED) is 0.845. The Morgan fingerprint density at radius 1 is 1.29 bits per heavy atom. The lowest BCUT2D eigenvalue weighted by molar-refractivity contribution is 0.0501. The molecule has 0 unspecified atom stereocenters. The van der Waals surface area contributed by atoms with E-state index in [9.17, 15) is 4.79 Å². The molecule has 4 rings (SSSR count). The summed E-state index contributed by atoms with van der Waals surface area (Å²) in [7, 11) is 0. The van der Waals surface area contributed by atoms with E-state index in [2.05, 4.69) is 14.9 Å². The van der Waals surface area contributed by atoms with Crippen molar-refractivity contribution in [1.82, 2.24) is 19.8 Å². The highest BCUT2D eigenvalue weighted by atomic mass is 32.1. The summed E-state index contributed by atoms with van der Waals surface area (Å²) in [6.07, 6.45) is 3.86. The summed E-state index contributed by atoms with van der Waals surface area (Å²) in [5, 5.41) is 1.82. The van der Waals surface area contributed by atoms with Gasteiger partial charge in [0.2, 0.25) is 0 Å². The fourth-order valence-electron chi connectivity index (χ4n) is 3.52. The Hall–Kier alpha value is -1.83. The molecule has 2 fully saturated rings. The first-order valence-electron chi connectivity index (χ1n) is 8.20. The van der Waals surface area contributed by atoms with Gasteiger partial charge in [0.15, 0.2) is 0 Å². The molecule has 7 heteroatoms. The number of thiazole rings is 1. The highest BCUT2D eigenvalue weighted by molar-refractivity contribution is 7.07. The molecule has 2 aromatic rings. The Labute approximate surface area is 145 Å². The standard InChI is InChI=1S/C17H20N4O2S/c22-17(15-11-24-12-19-15)21-5-6-23-16-10-20(8-14(16)9-21)7-13-1-3-18-4-2-13/h1-4,11-12,14,16H,5-10H2/t14-,16-/m1/s1. The highest BCUT2D eigenvalue weighted by Gasteiger charge is 2.37. The Morgan fingerprint density at radius 2 is 2.17 bits per heavy atom. The molecule has 2 atom stereocenters. The van der Waals surface area contributed by atoms with Crippen molar-refractivity contribution in [2.75, 3.05) is 32.8 Å². The number of ether oxygens (including phenoxy) is 1. The van der Waals surface area contributed by atoms with E-state index in [4.69, 9.17) is 4.74 Å². The van der Waals surface area contributed by atoms with Crippen LogP contribution in [0.4, 0.5) is 0 Å². The van der Waals surface area contributed by atoms with E-state index in [1.54, 1.807) is 5.51 Å². The Kier molecular flexibility index (Phi) is 4.55. The van der Waals surface area contributed by atoms with Gasteiger partial charge >= 0.3 is 0 Å². The van der Waals surface area contributed by atoms with E-state index in [1.165, 1.54) is 16.9 Å². The van der Waals surface area contributed by atoms with Crippen LogP contribution in [0.15, 0.2) is 35.4 Å². The number of amides is 1. The molecule has 0 spiro atoms. The second-order valence-corrected chi connectivity index (χ2v) is 7.06. The van der Waals surface area contributed by atoms with Gasteiger partial charge in [-0.2, -0.15) is 0 Å². The number of carbonyl (C=O) groups is 1. The molecule has 0 bridgehead atoms. The van der Waals surface area contributed by atoms with Crippen LogP contribution in [-0.4, -0.2) is 64.6 Å². The summed E-state index contributed by atoms with van der Waals surface area (Å²) in [6.45, 7) is 4.76. The molecule has 4 heterocycles. The second-order valence-electron chi connectivity index (χ2n) is 6.34. The van der Waals surface area contributed by atoms with Crippen molar-refractivity contribution in [2.45, 2.75) is 12.6 Å². The zero-order chi connectivity index (χ0) is 16.4. The molecule has 0 saturated carbocycles. The van der Waals surface area contributed by atoms with Gasteiger partial charge in [-0.05, 0) is 17.7 Å². The number of rotatable bonds is 3. The van der Waals surface area contributed by atoms with Gasteiger partial charge < -0.3 is 9.64 Å². The first kappa shape index (κ1) is 15.7. The number of hydrogen-bond donors (Lipinski definition) is 0. The van der Waals surface area contributed by atoms with Gasteiger partial charge in [-0.3, -0.25) is 14.7 Å². The van der Waals surface area contributed by atoms with E-state index in [0.29, 0.717) is 24.8 Å². The number of fused-ring (bicyclic) bond motifs is 1. The topological polar surface area (TPSA) is 58.6 Å². The predicted octanol–water partition coefficient (Wildman–Crippen LogP) is 1.51. The van der Waals surface area contributed by atoms with Gasteiger partial charge in [0, 0.05) is 56.4 Å². The van der Waals surface area contributed by atoms with Crippen LogP contribution in [0.2, 0.25) is 0 Å². The van der Waals surface area contributed by atoms with Crippen molar-refractivity contribution < 1.29 is 9.53 Å². The molecule has 2 aliphatic heterocycles. The van der Waals surface area contributed by atoms with Crippen molar-refractivity contribution in [3.63, 3.8) is 0 Å². The fourth-order valence-corrected chi connectivity index (χ4v) is 4.05. The number of aromatic nitrogens is 2. The fraction of sp³-hybridized carbons (Fsp3) is 0.471. The van der Waals surface area contributed by atoms with Gasteiger partial charge in [-0.25, -0.2) is 4.98 Å². The molecule has 0 radical (unpaired) electrons. The molecular formula is C17H20N4O2S. The highest BCUT2D eigenvalue weighted by Crippen LogP contribution is 2.25. The van der Waals surface area contributed by atoms with E-state index in [-0.39, 0.29) is 12.0 Å². The third-order valence-corrected chi connectivity index (χ3v) is 5.29. The summed E-state index contributed by atoms with van der Waals surface area (Å²) in [6, 6.07) is 4.10. The molecule has 24 heavy (non-hydrogen) atoms. The molecule has 2 aliphatic rings. The van der Waals surface area contributed by atoms with E-state index < -0.39 is 0 Å². The van der Waals surface area contributed by atoms with Crippen molar-refractivity contribution in [1.29, 1.82) is 0 Å². The SMILES string of the molecule is O=C(c1cscn1)N1CCO[C@@H]2CN(Cc3ccncc3)C[C@@H]2C1. The average Bonchev–Trinajstić information content (AvgIpc) is 3.21. The van der Waals surface area contributed by atoms with Crippen LogP contribution in [0.3, 0.4) is 0 Å². The maximum Gasteiger partial charge on any atom is 0.273 e. The van der Waals surface area contributed by atoms with Crippen molar-refractivity contribution in [3.8, 4) is 0 Å². The smallest absolute Gasteiger partial charge is 0.273 e. The normalized spacial score (nSPS) is 24.6. The molecule has 2 saturated heterocycles. The summed E-state index contributed by atoms with van der Waals surface area (Å²) in [5.74, 6) is 0.380. The van der Waals surface area contributed by atoms with Crippen molar-refractivity contribution >= 4 is 17.2 Å². The zero-order valence-corrected chi connectivity index (χ0v) is 14.2. The first-order valence-corrected chi connectivity index (χ1v) is 9.14. The Morgan fingerprint density at radius 3 is 2.96 bits per heavy atom. The largest absolute Gasteiger partial charge is 0.375 e. The number of nitrogens with zero attached hydrogens (tertiary/aromatic N) is 4. The van der Waals surface area contributed by atoms with Crippen LogP contribution >= 0.6 is 11.3 Å². The van der Waals surface area contributed by atoms with Crippen molar-refractivity contribution in [3.05, 3.63) is 46.7 Å². The number of hydrogen-bond acceptors (Lipinski definition) is 6. The summed E-state index contributed by atoms with van der Waals surface area (Å²) < 4.78 is 6.03. The minimum Gasteiger partial charge on any atom is -0.375 e. The van der Waals surface area contributed by atoms with Gasteiger partial charge in [-0.1, -0.05) is 0 Å². The van der Waals surface area contributed by atoms with Crippen LogP contribution < -0.4 is 0 Å². The molecule has 2 aromatic heterocycles. The van der Waals surface area contributed by atoms with Crippen molar-refractivity contribution in [2.24, 2.45) is 5.92 Å². The molecule has 0 aromatic carbocycles. The van der Waals surface area contributed by atoms with Crippen LogP contribution in [0.5, 0.6) is 0 Å². The van der Waals surface area contributed by atoms with Crippen LogP contribution in [-0.2, 0) is 11.3 Å². The Bertz CT molecular complexity index is 679. The summed E-state index contributed by atoms with van der Waals surface area (Å²) in [5.41, 5.74) is 3.51. The minimum atomic E-state index is 0.0214. The zero-order valence-electron chi connectivity index (χ0n) is 13.4. The van der Waals surface area contributed by atoms with Gasteiger partial charge in [-0.15, -0.1) is 11.3 Å². The van der Waals surface area contributed by atoms with Gasteiger partial charge in [0.25, 0.3) is 5.91 Å². The lowest BCUT2D eigenvalue weighted by atomic mass is 10.1. The minimum absolute atomic E-state index is 0.0214. The lowest BCUT2D eigenvalue weighted by Crippen LogP contribution is -2.37. The summed E-state index contributed by atoms with van der Waals surface area (Å²) in [4.78, 5) is 25.1. The maximum absolute atomic E-state index is 12.6. The second kappa shape index (κ2) is 6.96. The molecule has 0 aliphatic carbocycles. The third kappa shape index (κ3) is 3.33. The Balaban J connectivity index is 1.41. The van der Waals surface area contributed by atoms with Crippen LogP contribution in [0, 0.1) is 5.92 Å². The predicted molar refractivity (Wildman–Crippen MR) is 90.8 cm³/mol. The third-order valence-electron chi connectivity index (χ3n) is 4.70. The van der Waals surface area contributed by atoms with E-state index in [0.717, 1.165) is 26.2 Å². The summed E-state index contributed by atoms with van der Waals surface area (Å²) >= 11 is 1.46. The first-order chi connectivity index (χ1) is 11.8. The van der Waals surface area contributed by atoms with Gasteiger partial charge in [0.1, 0.15) is 5.69 Å². The molecule has 1 amide bonds. The maximum atomic E-state index is 12.6. The van der Waals surface area contributed by atoms with Gasteiger partial charge in [0.05, 0.1) is 18.2 Å². The van der Waals surface area contributed by atoms with Crippen LogP contribution in [0.25, 0.3) is 0 Å². The number of pyridine rings is 1. The van der Waals surface area contributed by atoms with E-state index in [1.807, 2.05) is 34.8 Å².